The maximum Gasteiger partial charge on any atom is 0.355 e. The molecule has 1 heterocycles. The highest BCUT2D eigenvalue weighted by molar-refractivity contribution is 7.09. The number of aliphatic hydroxyl groups is 2. The van der Waals surface area contributed by atoms with E-state index in [-0.39, 0.29) is 18.9 Å². The summed E-state index contributed by atoms with van der Waals surface area (Å²) in [6, 6.07) is 0. The van der Waals surface area contributed by atoms with Gasteiger partial charge in [0, 0.05) is 19.6 Å². The summed E-state index contributed by atoms with van der Waals surface area (Å²) < 4.78 is 0. The van der Waals surface area contributed by atoms with Crippen molar-refractivity contribution in [3.63, 3.8) is 0 Å². The van der Waals surface area contributed by atoms with E-state index in [0.717, 1.165) is 0 Å². The van der Waals surface area contributed by atoms with Crippen LogP contribution in [0.15, 0.2) is 5.51 Å². The Morgan fingerprint density at radius 1 is 1.38 bits per heavy atom. The number of aromatic carboxylic acids is 1. The van der Waals surface area contributed by atoms with Crippen LogP contribution in [-0.2, 0) is 6.54 Å². The predicted molar refractivity (Wildman–Crippen MR) is 58.5 cm³/mol. The Hall–Kier alpha value is -1.02. The van der Waals surface area contributed by atoms with E-state index in [9.17, 15) is 4.79 Å². The van der Waals surface area contributed by atoms with Gasteiger partial charge in [0.2, 0.25) is 0 Å². The van der Waals surface area contributed by atoms with Crippen LogP contribution >= 0.6 is 11.3 Å². The Balaban J connectivity index is 2.68. The van der Waals surface area contributed by atoms with Crippen LogP contribution < -0.4 is 0 Å². The molecule has 7 heteroatoms. The summed E-state index contributed by atoms with van der Waals surface area (Å²) in [6.45, 7) is 1.13. The quantitative estimate of drug-likeness (QED) is 0.607. The zero-order valence-corrected chi connectivity index (χ0v) is 9.48. The largest absolute Gasteiger partial charge is 0.476 e. The van der Waals surface area contributed by atoms with Crippen molar-refractivity contribution in [2.45, 2.75) is 6.54 Å². The van der Waals surface area contributed by atoms with Gasteiger partial charge in [-0.05, 0) is 0 Å². The molecule has 0 saturated carbocycles. The number of rotatable bonds is 7. The number of hydrogen-bond donors (Lipinski definition) is 3. The van der Waals surface area contributed by atoms with E-state index in [0.29, 0.717) is 24.5 Å². The van der Waals surface area contributed by atoms with Crippen LogP contribution in [0.3, 0.4) is 0 Å². The molecule has 1 aromatic heterocycles. The number of aromatic nitrogens is 1. The Bertz CT molecular complexity index is 336. The fourth-order valence-corrected chi connectivity index (χ4v) is 2.11. The third-order valence-corrected chi connectivity index (χ3v) is 2.86. The van der Waals surface area contributed by atoms with Gasteiger partial charge in [-0.15, -0.1) is 11.3 Å². The maximum atomic E-state index is 10.8. The van der Waals surface area contributed by atoms with Crippen LogP contribution in [0, 0.1) is 0 Å². The molecule has 6 nitrogen and oxygen atoms in total. The molecule has 0 aliphatic heterocycles. The fourth-order valence-electron chi connectivity index (χ4n) is 1.31. The fraction of sp³-hybridized carbons (Fsp3) is 0.556. The average Bonchev–Trinajstić information content (AvgIpc) is 2.66. The summed E-state index contributed by atoms with van der Waals surface area (Å²) in [5.74, 6) is -1.05. The number of aliphatic hydroxyl groups excluding tert-OH is 2. The standard InChI is InChI=1S/C9H14N2O4S/c12-3-1-11(2-4-13)5-7-8(9(14)15)10-6-16-7/h6,12-13H,1-5H2,(H,14,15). The van der Waals surface area contributed by atoms with E-state index in [1.54, 1.807) is 4.90 Å². The van der Waals surface area contributed by atoms with Gasteiger partial charge in [-0.3, -0.25) is 4.90 Å². The molecule has 0 aliphatic carbocycles. The predicted octanol–water partition coefficient (Wildman–Crippen LogP) is -0.372. The molecule has 0 aromatic carbocycles. The molecule has 0 amide bonds. The molecule has 0 unspecified atom stereocenters. The van der Waals surface area contributed by atoms with Gasteiger partial charge in [-0.2, -0.15) is 0 Å². The summed E-state index contributed by atoms with van der Waals surface area (Å²) in [5, 5.41) is 26.5. The second-order valence-electron chi connectivity index (χ2n) is 3.15. The molecule has 1 aromatic rings. The highest BCUT2D eigenvalue weighted by Gasteiger charge is 2.15. The Kier molecular flexibility index (Phi) is 5.33. The van der Waals surface area contributed by atoms with Gasteiger partial charge < -0.3 is 15.3 Å². The van der Waals surface area contributed by atoms with Gasteiger partial charge in [0.1, 0.15) is 0 Å². The number of hydrogen-bond acceptors (Lipinski definition) is 6. The molecule has 1 rings (SSSR count). The van der Waals surface area contributed by atoms with Crippen molar-refractivity contribution in [1.82, 2.24) is 9.88 Å². The van der Waals surface area contributed by atoms with Crippen LogP contribution in [0.5, 0.6) is 0 Å². The smallest absolute Gasteiger partial charge is 0.355 e. The molecule has 0 bridgehead atoms. The molecule has 3 N–H and O–H groups in total. The minimum atomic E-state index is -1.05. The topological polar surface area (TPSA) is 93.9 Å². The highest BCUT2D eigenvalue weighted by atomic mass is 32.1. The molecule has 0 aliphatic rings. The lowest BCUT2D eigenvalue weighted by Crippen LogP contribution is -2.29. The summed E-state index contributed by atoms with van der Waals surface area (Å²) in [4.78, 5) is 17.0. The molecule has 0 saturated heterocycles. The normalized spacial score (nSPS) is 10.9. The molecule has 0 spiro atoms. The Morgan fingerprint density at radius 2 is 2.00 bits per heavy atom. The first-order valence-corrected chi connectivity index (χ1v) is 5.66. The Labute approximate surface area is 96.8 Å². The second-order valence-corrected chi connectivity index (χ2v) is 4.09. The van der Waals surface area contributed by atoms with Crippen LogP contribution in [0.25, 0.3) is 0 Å². The van der Waals surface area contributed by atoms with Gasteiger partial charge in [0.15, 0.2) is 5.69 Å². The van der Waals surface area contributed by atoms with Crippen molar-refractivity contribution < 1.29 is 20.1 Å². The van der Waals surface area contributed by atoms with Gasteiger partial charge in [0.25, 0.3) is 0 Å². The maximum absolute atomic E-state index is 10.8. The number of carbonyl (C=O) groups is 1. The molecule has 90 valence electrons. The molecular weight excluding hydrogens is 232 g/mol. The third-order valence-electron chi connectivity index (χ3n) is 2.04. The first-order valence-electron chi connectivity index (χ1n) is 4.78. The van der Waals surface area contributed by atoms with Crippen molar-refractivity contribution in [2.75, 3.05) is 26.3 Å². The third kappa shape index (κ3) is 3.53. The molecule has 16 heavy (non-hydrogen) atoms. The molecule has 0 radical (unpaired) electrons. The molecule has 0 atom stereocenters. The summed E-state index contributed by atoms with van der Waals surface area (Å²) >= 11 is 1.26. The van der Waals surface area contributed by atoms with Crippen molar-refractivity contribution in [3.05, 3.63) is 16.1 Å². The van der Waals surface area contributed by atoms with Crippen molar-refractivity contribution in [1.29, 1.82) is 0 Å². The average molecular weight is 246 g/mol. The summed E-state index contributed by atoms with van der Waals surface area (Å²) in [7, 11) is 0. The van der Waals surface area contributed by atoms with E-state index in [2.05, 4.69) is 4.98 Å². The highest BCUT2D eigenvalue weighted by Crippen LogP contribution is 2.15. The first-order chi connectivity index (χ1) is 7.69. The lowest BCUT2D eigenvalue weighted by molar-refractivity contribution is 0.0688. The number of carboxylic acids is 1. The van der Waals surface area contributed by atoms with Crippen LogP contribution in [0.4, 0.5) is 0 Å². The zero-order chi connectivity index (χ0) is 12.0. The monoisotopic (exact) mass is 246 g/mol. The minimum absolute atomic E-state index is 0.0266. The van der Waals surface area contributed by atoms with E-state index in [1.165, 1.54) is 16.8 Å². The van der Waals surface area contributed by atoms with Crippen LogP contribution in [0.1, 0.15) is 15.4 Å². The first kappa shape index (κ1) is 13.0. The van der Waals surface area contributed by atoms with Crippen molar-refractivity contribution >= 4 is 17.3 Å². The van der Waals surface area contributed by atoms with E-state index in [1.807, 2.05) is 0 Å². The van der Waals surface area contributed by atoms with E-state index < -0.39 is 5.97 Å². The summed E-state index contributed by atoms with van der Waals surface area (Å²) in [5.41, 5.74) is 1.53. The van der Waals surface area contributed by atoms with Crippen LogP contribution in [0.2, 0.25) is 0 Å². The minimum Gasteiger partial charge on any atom is -0.476 e. The summed E-state index contributed by atoms with van der Waals surface area (Å²) in [6.07, 6.45) is 0. The van der Waals surface area contributed by atoms with E-state index >= 15 is 0 Å². The van der Waals surface area contributed by atoms with E-state index in [4.69, 9.17) is 15.3 Å². The van der Waals surface area contributed by atoms with Gasteiger partial charge in [-0.25, -0.2) is 9.78 Å². The molecular formula is C9H14N2O4S. The SMILES string of the molecule is O=C(O)c1ncsc1CN(CCO)CCO. The number of nitrogens with zero attached hydrogens (tertiary/aromatic N) is 2. The van der Waals surface area contributed by atoms with Gasteiger partial charge in [0.05, 0.1) is 23.6 Å². The lowest BCUT2D eigenvalue weighted by Gasteiger charge is -2.19. The molecule has 0 fully saturated rings. The Morgan fingerprint density at radius 3 is 2.50 bits per heavy atom. The van der Waals surface area contributed by atoms with Crippen LogP contribution in [-0.4, -0.2) is 57.5 Å². The number of carboxylic acid groups (broad SMARTS) is 1. The number of thiazole rings is 1. The zero-order valence-electron chi connectivity index (χ0n) is 8.67. The van der Waals surface area contributed by atoms with Gasteiger partial charge in [-0.1, -0.05) is 0 Å². The van der Waals surface area contributed by atoms with Crippen molar-refractivity contribution in [2.24, 2.45) is 0 Å². The van der Waals surface area contributed by atoms with Crippen molar-refractivity contribution in [3.8, 4) is 0 Å². The van der Waals surface area contributed by atoms with Gasteiger partial charge >= 0.3 is 5.97 Å². The second kappa shape index (κ2) is 6.54. The lowest BCUT2D eigenvalue weighted by atomic mass is 10.3.